The molecule has 0 unspecified atom stereocenters. The lowest BCUT2D eigenvalue weighted by atomic mass is 9.80. The molecule has 1 aromatic heterocycles. The molecule has 0 spiro atoms. The third kappa shape index (κ3) is 2.64. The Morgan fingerprint density at radius 1 is 1.38 bits per heavy atom. The van der Waals surface area contributed by atoms with Crippen LogP contribution in [0.15, 0.2) is 36.3 Å². The summed E-state index contributed by atoms with van der Waals surface area (Å²) in [5, 5.41) is 1.54. The Labute approximate surface area is 102 Å². The fourth-order valence-corrected chi connectivity index (χ4v) is 3.55. The van der Waals surface area contributed by atoms with Crippen molar-refractivity contribution in [3.63, 3.8) is 0 Å². The van der Waals surface area contributed by atoms with Gasteiger partial charge in [0.25, 0.3) is 0 Å². The van der Waals surface area contributed by atoms with E-state index in [1.165, 1.54) is 19.3 Å². The highest BCUT2D eigenvalue weighted by atomic mass is 32.2. The largest absolute Gasteiger partial charge is 0.231 e. The SMILES string of the molecule is C=C[C@H]1CCC[C@H](Sc2ncccn2)[C@@H]1C. The molecule has 1 fully saturated rings. The van der Waals surface area contributed by atoms with Gasteiger partial charge in [-0.15, -0.1) is 6.58 Å². The predicted molar refractivity (Wildman–Crippen MR) is 68.4 cm³/mol. The molecule has 0 aliphatic heterocycles. The summed E-state index contributed by atoms with van der Waals surface area (Å²) in [6.45, 7) is 6.26. The highest BCUT2D eigenvalue weighted by Crippen LogP contribution is 2.39. The molecule has 1 aliphatic carbocycles. The fraction of sp³-hybridized carbons (Fsp3) is 0.538. The molecule has 16 heavy (non-hydrogen) atoms. The van der Waals surface area contributed by atoms with Crippen LogP contribution in [0.1, 0.15) is 26.2 Å². The van der Waals surface area contributed by atoms with Crippen molar-refractivity contribution in [2.45, 2.75) is 36.6 Å². The van der Waals surface area contributed by atoms with E-state index in [-0.39, 0.29) is 0 Å². The van der Waals surface area contributed by atoms with Crippen LogP contribution in [0.25, 0.3) is 0 Å². The van der Waals surface area contributed by atoms with Gasteiger partial charge in [-0.25, -0.2) is 9.97 Å². The minimum atomic E-state index is 0.638. The van der Waals surface area contributed by atoms with Gasteiger partial charge in [0.1, 0.15) is 0 Å². The summed E-state index contributed by atoms with van der Waals surface area (Å²) in [5.74, 6) is 1.34. The Morgan fingerprint density at radius 3 is 2.81 bits per heavy atom. The average Bonchev–Trinajstić information content (AvgIpc) is 2.33. The standard InChI is InChI=1S/C13H18N2S/c1-3-11-6-4-7-12(10(11)2)16-13-14-8-5-9-15-13/h3,5,8-12H,1,4,6-7H2,2H3/t10-,11+,12+/m1/s1. The topological polar surface area (TPSA) is 25.8 Å². The predicted octanol–water partition coefficient (Wildman–Crippen LogP) is 3.56. The number of allylic oxidation sites excluding steroid dienone is 1. The van der Waals surface area contributed by atoms with Crippen molar-refractivity contribution in [3.8, 4) is 0 Å². The number of hydrogen-bond acceptors (Lipinski definition) is 3. The van der Waals surface area contributed by atoms with Gasteiger partial charge in [0.05, 0.1) is 0 Å². The Kier molecular flexibility index (Phi) is 3.99. The molecule has 2 nitrogen and oxygen atoms in total. The lowest BCUT2D eigenvalue weighted by Crippen LogP contribution is -2.26. The van der Waals surface area contributed by atoms with Crippen molar-refractivity contribution >= 4 is 11.8 Å². The number of thioether (sulfide) groups is 1. The second kappa shape index (κ2) is 5.48. The first-order chi connectivity index (χ1) is 7.81. The summed E-state index contributed by atoms with van der Waals surface area (Å²) < 4.78 is 0. The van der Waals surface area contributed by atoms with Gasteiger partial charge in [-0.3, -0.25) is 0 Å². The zero-order valence-electron chi connectivity index (χ0n) is 9.67. The molecule has 0 saturated heterocycles. The maximum atomic E-state index is 4.28. The highest BCUT2D eigenvalue weighted by molar-refractivity contribution is 7.99. The molecule has 3 atom stereocenters. The summed E-state index contributed by atoms with van der Waals surface area (Å²) in [4.78, 5) is 8.57. The molecular formula is C13H18N2S. The molecule has 1 aliphatic rings. The van der Waals surface area contributed by atoms with Gasteiger partial charge in [-0.2, -0.15) is 0 Å². The van der Waals surface area contributed by atoms with Crippen LogP contribution in [-0.2, 0) is 0 Å². The molecule has 0 bridgehead atoms. The van der Waals surface area contributed by atoms with Gasteiger partial charge in [-0.05, 0) is 30.7 Å². The van der Waals surface area contributed by atoms with Gasteiger partial charge < -0.3 is 0 Å². The van der Waals surface area contributed by atoms with Crippen molar-refractivity contribution in [2.24, 2.45) is 11.8 Å². The lowest BCUT2D eigenvalue weighted by Gasteiger charge is -2.33. The first-order valence-electron chi connectivity index (χ1n) is 5.87. The van der Waals surface area contributed by atoms with Crippen LogP contribution in [0.5, 0.6) is 0 Å². The van der Waals surface area contributed by atoms with Gasteiger partial charge in [0.2, 0.25) is 0 Å². The minimum Gasteiger partial charge on any atom is -0.231 e. The lowest BCUT2D eigenvalue weighted by molar-refractivity contribution is 0.317. The summed E-state index contributed by atoms with van der Waals surface area (Å²) in [6.07, 6.45) is 9.60. The maximum Gasteiger partial charge on any atom is 0.187 e. The smallest absolute Gasteiger partial charge is 0.187 e. The van der Waals surface area contributed by atoms with E-state index in [2.05, 4.69) is 29.5 Å². The summed E-state index contributed by atoms with van der Waals surface area (Å²) in [6, 6.07) is 1.86. The van der Waals surface area contributed by atoms with E-state index < -0.39 is 0 Å². The van der Waals surface area contributed by atoms with Gasteiger partial charge in [0, 0.05) is 17.6 Å². The van der Waals surface area contributed by atoms with E-state index in [4.69, 9.17) is 0 Å². The molecule has 1 saturated carbocycles. The van der Waals surface area contributed by atoms with Crippen LogP contribution in [0.2, 0.25) is 0 Å². The van der Waals surface area contributed by atoms with Crippen molar-refractivity contribution in [1.29, 1.82) is 0 Å². The monoisotopic (exact) mass is 234 g/mol. The van der Waals surface area contributed by atoms with E-state index in [9.17, 15) is 0 Å². The van der Waals surface area contributed by atoms with Gasteiger partial charge in [-0.1, -0.05) is 31.2 Å². The molecule has 0 radical (unpaired) electrons. The van der Waals surface area contributed by atoms with Crippen LogP contribution < -0.4 is 0 Å². The van der Waals surface area contributed by atoms with Crippen molar-refractivity contribution in [3.05, 3.63) is 31.1 Å². The molecule has 3 heteroatoms. The zero-order chi connectivity index (χ0) is 11.4. The summed E-state index contributed by atoms with van der Waals surface area (Å²) >= 11 is 1.82. The van der Waals surface area contributed by atoms with Gasteiger partial charge >= 0.3 is 0 Å². The van der Waals surface area contributed by atoms with Crippen LogP contribution >= 0.6 is 11.8 Å². The summed E-state index contributed by atoms with van der Waals surface area (Å²) in [5.41, 5.74) is 0. The first kappa shape index (κ1) is 11.6. The van der Waals surface area contributed by atoms with Crippen molar-refractivity contribution in [2.75, 3.05) is 0 Å². The molecule has 1 aromatic rings. The highest BCUT2D eigenvalue weighted by Gasteiger charge is 2.29. The molecule has 0 N–H and O–H groups in total. The first-order valence-corrected chi connectivity index (χ1v) is 6.75. The molecule has 1 heterocycles. The van der Waals surface area contributed by atoms with E-state index in [1.54, 1.807) is 0 Å². The Balaban J connectivity index is 2.01. The van der Waals surface area contributed by atoms with Crippen LogP contribution in [0.4, 0.5) is 0 Å². The van der Waals surface area contributed by atoms with Crippen molar-refractivity contribution in [1.82, 2.24) is 9.97 Å². The average molecular weight is 234 g/mol. The number of hydrogen-bond donors (Lipinski definition) is 0. The third-order valence-electron chi connectivity index (χ3n) is 3.39. The number of rotatable bonds is 3. The van der Waals surface area contributed by atoms with Crippen LogP contribution in [0.3, 0.4) is 0 Å². The van der Waals surface area contributed by atoms with E-state index in [0.29, 0.717) is 17.1 Å². The Morgan fingerprint density at radius 2 is 2.12 bits per heavy atom. The van der Waals surface area contributed by atoms with Crippen LogP contribution in [-0.4, -0.2) is 15.2 Å². The molecule has 0 aromatic carbocycles. The van der Waals surface area contributed by atoms with Crippen LogP contribution in [0, 0.1) is 11.8 Å². The zero-order valence-corrected chi connectivity index (χ0v) is 10.5. The maximum absolute atomic E-state index is 4.28. The molecular weight excluding hydrogens is 216 g/mol. The molecule has 2 rings (SSSR count). The second-order valence-electron chi connectivity index (χ2n) is 4.38. The fourth-order valence-electron chi connectivity index (χ4n) is 2.34. The van der Waals surface area contributed by atoms with Gasteiger partial charge in [0.15, 0.2) is 5.16 Å². The van der Waals surface area contributed by atoms with E-state index in [1.807, 2.05) is 30.2 Å². The Bertz CT molecular complexity index is 339. The second-order valence-corrected chi connectivity index (χ2v) is 5.58. The summed E-state index contributed by atoms with van der Waals surface area (Å²) in [7, 11) is 0. The quantitative estimate of drug-likeness (QED) is 0.591. The Hall–Kier alpha value is -0.830. The van der Waals surface area contributed by atoms with E-state index in [0.717, 1.165) is 5.16 Å². The number of aromatic nitrogens is 2. The third-order valence-corrected chi connectivity index (χ3v) is 4.78. The van der Waals surface area contributed by atoms with E-state index >= 15 is 0 Å². The molecule has 0 amide bonds. The normalized spacial score (nSPS) is 29.9. The minimum absolute atomic E-state index is 0.638. The molecule has 86 valence electrons. The number of nitrogens with zero attached hydrogens (tertiary/aromatic N) is 2. The van der Waals surface area contributed by atoms with Crippen molar-refractivity contribution < 1.29 is 0 Å².